The van der Waals surface area contributed by atoms with Crippen LogP contribution in [0.2, 0.25) is 0 Å². The van der Waals surface area contributed by atoms with Crippen LogP contribution in [0.15, 0.2) is 18.2 Å². The minimum atomic E-state index is 0.401. The molecular weight excluding hydrogens is 186 g/mol. The lowest BCUT2D eigenvalue weighted by Crippen LogP contribution is -2.16. The molecule has 1 aromatic carbocycles. The normalized spacial score (nSPS) is 24.2. The maximum atomic E-state index is 5.21. The highest BCUT2D eigenvalue weighted by molar-refractivity contribution is 5.39. The summed E-state index contributed by atoms with van der Waals surface area (Å²) in [7, 11) is 1.76. The van der Waals surface area contributed by atoms with Gasteiger partial charge in [0.1, 0.15) is 0 Å². The van der Waals surface area contributed by atoms with Crippen LogP contribution in [0.1, 0.15) is 41.5 Å². The number of methoxy groups -OCH3 is 1. The molecule has 1 aliphatic carbocycles. The monoisotopic (exact) mass is 203 g/mol. The van der Waals surface area contributed by atoms with Gasteiger partial charge in [0.05, 0.1) is 12.6 Å². The van der Waals surface area contributed by atoms with Crippen LogP contribution in [0.5, 0.6) is 0 Å². The Kier molecular flexibility index (Phi) is 2.26. The van der Waals surface area contributed by atoms with E-state index in [1.165, 1.54) is 29.5 Å². The van der Waals surface area contributed by atoms with Gasteiger partial charge in [-0.25, -0.2) is 0 Å². The Labute approximate surface area is 90.6 Å². The molecule has 2 heteroatoms. The molecule has 1 atom stereocenters. The fraction of sp³-hybridized carbons (Fsp3) is 0.538. The quantitative estimate of drug-likeness (QED) is 0.814. The van der Waals surface area contributed by atoms with E-state index in [-0.39, 0.29) is 0 Å². The van der Waals surface area contributed by atoms with Crippen molar-refractivity contribution >= 4 is 0 Å². The average Bonchev–Trinajstić information content (AvgIpc) is 3.03. The Morgan fingerprint density at radius 1 is 1.40 bits per heavy atom. The van der Waals surface area contributed by atoms with Crippen LogP contribution in [-0.2, 0) is 11.3 Å². The Morgan fingerprint density at radius 3 is 3.00 bits per heavy atom. The van der Waals surface area contributed by atoms with E-state index >= 15 is 0 Å². The summed E-state index contributed by atoms with van der Waals surface area (Å²) in [6.45, 7) is 1.78. The molecule has 0 aromatic heterocycles. The van der Waals surface area contributed by atoms with Gasteiger partial charge in [0.25, 0.3) is 0 Å². The molecule has 1 fully saturated rings. The van der Waals surface area contributed by atoms with Gasteiger partial charge in [0.2, 0.25) is 0 Å². The maximum Gasteiger partial charge on any atom is 0.0657 e. The third-order valence-corrected chi connectivity index (χ3v) is 3.46. The summed E-state index contributed by atoms with van der Waals surface area (Å²) in [6.07, 6.45) is 2.77. The van der Waals surface area contributed by atoms with Gasteiger partial charge in [-0.1, -0.05) is 18.2 Å². The van der Waals surface area contributed by atoms with Crippen LogP contribution in [0.4, 0.5) is 0 Å². The van der Waals surface area contributed by atoms with Crippen LogP contribution < -0.4 is 5.32 Å². The smallest absolute Gasteiger partial charge is 0.0657 e. The van der Waals surface area contributed by atoms with Crippen LogP contribution in [0, 0.1) is 0 Å². The predicted octanol–water partition coefficient (Wildman–Crippen LogP) is 2.35. The van der Waals surface area contributed by atoms with Crippen molar-refractivity contribution in [2.75, 3.05) is 13.7 Å². The van der Waals surface area contributed by atoms with Gasteiger partial charge < -0.3 is 10.1 Å². The van der Waals surface area contributed by atoms with Gasteiger partial charge in [0, 0.05) is 13.7 Å². The van der Waals surface area contributed by atoms with Gasteiger partial charge in [-0.3, -0.25) is 0 Å². The standard InChI is InChI=1S/C13H17NO/c1-15-8-13-12-5-4-10(9-2-3-9)6-11(12)7-14-13/h4-6,9,13-14H,2-3,7-8H2,1H3. The third kappa shape index (κ3) is 1.68. The average molecular weight is 203 g/mol. The van der Waals surface area contributed by atoms with Gasteiger partial charge in [-0.2, -0.15) is 0 Å². The van der Waals surface area contributed by atoms with E-state index in [4.69, 9.17) is 4.74 Å². The molecular formula is C13H17NO. The molecule has 0 bridgehead atoms. The lowest BCUT2D eigenvalue weighted by atomic mass is 10.0. The zero-order chi connectivity index (χ0) is 10.3. The lowest BCUT2D eigenvalue weighted by Gasteiger charge is -2.10. The molecule has 1 aromatic rings. The van der Waals surface area contributed by atoms with Crippen molar-refractivity contribution in [1.29, 1.82) is 0 Å². The molecule has 80 valence electrons. The van der Waals surface area contributed by atoms with Gasteiger partial charge in [-0.15, -0.1) is 0 Å². The van der Waals surface area contributed by atoms with E-state index < -0.39 is 0 Å². The molecule has 0 radical (unpaired) electrons. The molecule has 1 N–H and O–H groups in total. The minimum absolute atomic E-state index is 0.401. The highest BCUT2D eigenvalue weighted by Crippen LogP contribution is 2.41. The van der Waals surface area contributed by atoms with Crippen LogP contribution in [-0.4, -0.2) is 13.7 Å². The molecule has 1 unspecified atom stereocenters. The van der Waals surface area contributed by atoms with Gasteiger partial charge >= 0.3 is 0 Å². The summed E-state index contributed by atoms with van der Waals surface area (Å²) in [5.41, 5.74) is 4.44. The Bertz CT molecular complexity index is 371. The largest absolute Gasteiger partial charge is 0.383 e. The fourth-order valence-electron chi connectivity index (χ4n) is 2.45. The van der Waals surface area contributed by atoms with E-state index in [0.29, 0.717) is 6.04 Å². The maximum absolute atomic E-state index is 5.21. The van der Waals surface area contributed by atoms with E-state index in [2.05, 4.69) is 23.5 Å². The van der Waals surface area contributed by atoms with E-state index in [1.807, 2.05) is 0 Å². The number of ether oxygens (including phenoxy) is 1. The number of nitrogens with one attached hydrogen (secondary N) is 1. The Morgan fingerprint density at radius 2 is 2.27 bits per heavy atom. The van der Waals surface area contributed by atoms with Gasteiger partial charge in [0.15, 0.2) is 0 Å². The zero-order valence-corrected chi connectivity index (χ0v) is 9.12. The second kappa shape index (κ2) is 3.62. The van der Waals surface area contributed by atoms with Gasteiger partial charge in [-0.05, 0) is 35.4 Å². The summed E-state index contributed by atoms with van der Waals surface area (Å²) in [4.78, 5) is 0. The second-order valence-electron chi connectivity index (χ2n) is 4.62. The first kappa shape index (κ1) is 9.37. The molecule has 0 saturated heterocycles. The topological polar surface area (TPSA) is 21.3 Å². The van der Waals surface area contributed by atoms with Crippen molar-refractivity contribution in [2.45, 2.75) is 31.3 Å². The number of benzene rings is 1. The van der Waals surface area contributed by atoms with Crippen molar-refractivity contribution in [2.24, 2.45) is 0 Å². The van der Waals surface area contributed by atoms with Crippen LogP contribution >= 0.6 is 0 Å². The highest BCUT2D eigenvalue weighted by Gasteiger charge is 2.27. The van der Waals surface area contributed by atoms with Crippen molar-refractivity contribution < 1.29 is 4.74 Å². The van der Waals surface area contributed by atoms with Crippen LogP contribution in [0.25, 0.3) is 0 Å². The van der Waals surface area contributed by atoms with E-state index in [0.717, 1.165) is 19.1 Å². The van der Waals surface area contributed by atoms with Crippen molar-refractivity contribution in [3.63, 3.8) is 0 Å². The first-order valence-corrected chi connectivity index (χ1v) is 5.73. The Hall–Kier alpha value is -0.860. The zero-order valence-electron chi connectivity index (χ0n) is 9.12. The predicted molar refractivity (Wildman–Crippen MR) is 59.9 cm³/mol. The van der Waals surface area contributed by atoms with E-state index in [1.54, 1.807) is 7.11 Å². The molecule has 1 saturated carbocycles. The van der Waals surface area contributed by atoms with E-state index in [9.17, 15) is 0 Å². The van der Waals surface area contributed by atoms with Crippen molar-refractivity contribution in [3.05, 3.63) is 34.9 Å². The summed E-state index contributed by atoms with van der Waals surface area (Å²) in [6, 6.07) is 7.37. The summed E-state index contributed by atoms with van der Waals surface area (Å²) in [5, 5.41) is 3.48. The van der Waals surface area contributed by atoms with Crippen molar-refractivity contribution in [3.8, 4) is 0 Å². The molecule has 2 aliphatic rings. The minimum Gasteiger partial charge on any atom is -0.383 e. The summed E-state index contributed by atoms with van der Waals surface area (Å²) >= 11 is 0. The summed E-state index contributed by atoms with van der Waals surface area (Å²) in [5.74, 6) is 0.858. The number of hydrogen-bond donors (Lipinski definition) is 1. The first-order chi connectivity index (χ1) is 7.38. The fourth-order valence-corrected chi connectivity index (χ4v) is 2.45. The molecule has 3 rings (SSSR count). The number of rotatable bonds is 3. The van der Waals surface area contributed by atoms with Crippen molar-refractivity contribution in [1.82, 2.24) is 5.32 Å². The highest BCUT2D eigenvalue weighted by atomic mass is 16.5. The third-order valence-electron chi connectivity index (χ3n) is 3.46. The molecule has 1 aliphatic heterocycles. The van der Waals surface area contributed by atoms with Crippen LogP contribution in [0.3, 0.4) is 0 Å². The molecule has 0 spiro atoms. The first-order valence-electron chi connectivity index (χ1n) is 5.73. The SMILES string of the molecule is COCC1NCc2cc(C3CC3)ccc21. The molecule has 0 amide bonds. The summed E-state index contributed by atoms with van der Waals surface area (Å²) < 4.78 is 5.21. The molecule has 15 heavy (non-hydrogen) atoms. The molecule has 2 nitrogen and oxygen atoms in total. The second-order valence-corrected chi connectivity index (χ2v) is 4.62. The number of hydrogen-bond acceptors (Lipinski definition) is 2. The lowest BCUT2D eigenvalue weighted by molar-refractivity contribution is 0.171. The molecule has 1 heterocycles. The Balaban J connectivity index is 1.87. The number of fused-ring (bicyclic) bond motifs is 1.